The van der Waals surface area contributed by atoms with Crippen LogP contribution in [0.25, 0.3) is 0 Å². The van der Waals surface area contributed by atoms with Gasteiger partial charge in [0.25, 0.3) is 0 Å². The summed E-state index contributed by atoms with van der Waals surface area (Å²) in [6.07, 6.45) is 15.7. The molecule has 0 spiro atoms. The predicted molar refractivity (Wildman–Crippen MR) is 142 cm³/mol. The van der Waals surface area contributed by atoms with E-state index in [1.165, 1.54) is 70.6 Å². The SMILES string of the molecule is CC1(CNC(=O)C2(c3cccc(NC(=O)CC(C4CC4)C45CCC(CC4)CC5)c3)CCOC2)CCC1. The third-order valence-electron chi connectivity index (χ3n) is 10.9. The highest BCUT2D eigenvalue weighted by atomic mass is 16.5. The number of ether oxygens (including phenoxy) is 1. The van der Waals surface area contributed by atoms with Crippen molar-refractivity contribution in [1.29, 1.82) is 0 Å². The van der Waals surface area contributed by atoms with Crippen LogP contribution < -0.4 is 10.6 Å². The lowest BCUT2D eigenvalue weighted by molar-refractivity contribution is -0.127. The van der Waals surface area contributed by atoms with Crippen molar-refractivity contribution in [1.82, 2.24) is 5.32 Å². The predicted octanol–water partition coefficient (Wildman–Crippen LogP) is 5.98. The van der Waals surface area contributed by atoms with Gasteiger partial charge in [-0.05, 0) is 117 Å². The smallest absolute Gasteiger partial charge is 0.233 e. The number of carbonyl (C=O) groups is 2. The first kappa shape index (κ1) is 24.5. The fraction of sp³-hybridized carbons (Fsp3) is 0.742. The maximum atomic E-state index is 13.5. The molecule has 0 radical (unpaired) electrons. The Labute approximate surface area is 216 Å². The van der Waals surface area contributed by atoms with Gasteiger partial charge in [-0.3, -0.25) is 9.59 Å². The zero-order chi connectivity index (χ0) is 24.8. The molecule has 1 heterocycles. The Balaban J connectivity index is 1.14. The first-order valence-electron chi connectivity index (χ1n) is 14.7. The number of nitrogens with one attached hydrogen (secondary N) is 2. The largest absolute Gasteiger partial charge is 0.380 e. The van der Waals surface area contributed by atoms with E-state index in [1.807, 2.05) is 24.3 Å². The van der Waals surface area contributed by atoms with Gasteiger partial charge in [-0.2, -0.15) is 0 Å². The molecule has 2 bridgehead atoms. The van der Waals surface area contributed by atoms with Crippen molar-refractivity contribution < 1.29 is 14.3 Å². The van der Waals surface area contributed by atoms with Crippen molar-refractivity contribution in [3.05, 3.63) is 29.8 Å². The van der Waals surface area contributed by atoms with E-state index < -0.39 is 5.41 Å². The molecule has 1 aliphatic heterocycles. The molecule has 2 amide bonds. The highest BCUT2D eigenvalue weighted by molar-refractivity contribution is 5.92. The van der Waals surface area contributed by atoms with E-state index in [0.717, 1.165) is 29.6 Å². The van der Waals surface area contributed by atoms with Gasteiger partial charge in [0, 0.05) is 25.3 Å². The van der Waals surface area contributed by atoms with E-state index in [1.54, 1.807) is 0 Å². The van der Waals surface area contributed by atoms with Gasteiger partial charge >= 0.3 is 0 Å². The van der Waals surface area contributed by atoms with Gasteiger partial charge < -0.3 is 15.4 Å². The molecule has 36 heavy (non-hydrogen) atoms. The van der Waals surface area contributed by atoms with Gasteiger partial charge in [-0.15, -0.1) is 0 Å². The van der Waals surface area contributed by atoms with Gasteiger partial charge in [-0.25, -0.2) is 0 Å². The lowest BCUT2D eigenvalue weighted by Gasteiger charge is -2.51. The standard InChI is InChI=1S/C31H44N2O3/c1-29(11-3-12-29)20-32-28(35)31(16-17-36-21-31)24-4-2-5-25(18-24)33-27(34)19-26(23-6-7-23)30-13-8-22(9-14-30)10-15-30/h2,4-5,18,22-23,26H,3,6-17,19-21H2,1H3,(H,32,35)(H,33,34). The molecule has 5 aliphatic carbocycles. The van der Waals surface area contributed by atoms with E-state index in [-0.39, 0.29) is 17.2 Å². The first-order chi connectivity index (χ1) is 17.4. The number of hydrogen-bond acceptors (Lipinski definition) is 3. The molecule has 2 atom stereocenters. The van der Waals surface area contributed by atoms with E-state index in [4.69, 9.17) is 4.74 Å². The fourth-order valence-corrected chi connectivity index (χ4v) is 8.05. The molecule has 6 fully saturated rings. The van der Waals surface area contributed by atoms with Gasteiger partial charge in [0.05, 0.1) is 12.0 Å². The number of benzene rings is 1. The minimum absolute atomic E-state index is 0.0670. The third kappa shape index (κ3) is 4.61. The molecule has 5 heteroatoms. The summed E-state index contributed by atoms with van der Waals surface area (Å²) in [5, 5.41) is 6.49. The van der Waals surface area contributed by atoms with Gasteiger partial charge in [0.1, 0.15) is 0 Å². The summed E-state index contributed by atoms with van der Waals surface area (Å²) < 4.78 is 5.76. The molecule has 2 unspecified atom stereocenters. The lowest BCUT2D eigenvalue weighted by atomic mass is 9.54. The molecule has 5 nitrogen and oxygen atoms in total. The Morgan fingerprint density at radius 3 is 2.39 bits per heavy atom. The van der Waals surface area contributed by atoms with Crippen molar-refractivity contribution in [2.75, 3.05) is 25.1 Å². The van der Waals surface area contributed by atoms with E-state index in [9.17, 15) is 9.59 Å². The second-order valence-electron chi connectivity index (χ2n) is 13.4. The monoisotopic (exact) mass is 492 g/mol. The Morgan fingerprint density at radius 1 is 1.03 bits per heavy atom. The molecule has 6 aliphatic rings. The Hall–Kier alpha value is -1.88. The number of amides is 2. The molecule has 1 saturated heterocycles. The summed E-state index contributed by atoms with van der Waals surface area (Å²) in [6, 6.07) is 7.99. The molecule has 0 aromatic heterocycles. The summed E-state index contributed by atoms with van der Waals surface area (Å²) in [5.74, 6) is 2.44. The van der Waals surface area contributed by atoms with Crippen LogP contribution in [0.3, 0.4) is 0 Å². The van der Waals surface area contributed by atoms with Crippen LogP contribution in [0.1, 0.15) is 96.0 Å². The van der Waals surface area contributed by atoms with Crippen molar-refractivity contribution >= 4 is 17.5 Å². The fourth-order valence-electron chi connectivity index (χ4n) is 8.05. The first-order valence-corrected chi connectivity index (χ1v) is 14.7. The average molecular weight is 493 g/mol. The lowest BCUT2D eigenvalue weighted by Crippen LogP contribution is -2.49. The third-order valence-corrected chi connectivity index (χ3v) is 10.9. The summed E-state index contributed by atoms with van der Waals surface area (Å²) in [7, 11) is 0. The van der Waals surface area contributed by atoms with Gasteiger partial charge in [-0.1, -0.05) is 25.5 Å². The van der Waals surface area contributed by atoms with Gasteiger partial charge in [0.15, 0.2) is 0 Å². The molecule has 1 aromatic rings. The Morgan fingerprint density at radius 2 is 1.78 bits per heavy atom. The van der Waals surface area contributed by atoms with E-state index in [0.29, 0.717) is 37.4 Å². The van der Waals surface area contributed by atoms with Crippen molar-refractivity contribution in [3.8, 4) is 0 Å². The number of carbonyl (C=O) groups excluding carboxylic acids is 2. The minimum Gasteiger partial charge on any atom is -0.380 e. The van der Waals surface area contributed by atoms with Crippen molar-refractivity contribution in [2.45, 2.75) is 95.8 Å². The molecule has 196 valence electrons. The van der Waals surface area contributed by atoms with Crippen LogP contribution >= 0.6 is 0 Å². The van der Waals surface area contributed by atoms with Crippen LogP contribution in [-0.4, -0.2) is 31.6 Å². The van der Waals surface area contributed by atoms with Crippen LogP contribution in [0.5, 0.6) is 0 Å². The number of hydrogen-bond donors (Lipinski definition) is 2. The highest BCUT2D eigenvalue weighted by Gasteiger charge is 2.51. The summed E-state index contributed by atoms with van der Waals surface area (Å²) in [6.45, 7) is 3.99. The van der Waals surface area contributed by atoms with Crippen LogP contribution in [0.2, 0.25) is 0 Å². The van der Waals surface area contributed by atoms with E-state index >= 15 is 0 Å². The van der Waals surface area contributed by atoms with Crippen molar-refractivity contribution in [3.63, 3.8) is 0 Å². The normalized spacial score (nSPS) is 33.5. The number of rotatable bonds is 9. The molecular weight excluding hydrogens is 448 g/mol. The zero-order valence-electron chi connectivity index (χ0n) is 22.1. The van der Waals surface area contributed by atoms with Crippen LogP contribution in [0, 0.1) is 28.6 Å². The molecule has 5 saturated carbocycles. The maximum Gasteiger partial charge on any atom is 0.233 e. The topological polar surface area (TPSA) is 67.4 Å². The van der Waals surface area contributed by atoms with Crippen LogP contribution in [0.4, 0.5) is 5.69 Å². The van der Waals surface area contributed by atoms with Gasteiger partial charge in [0.2, 0.25) is 11.8 Å². The summed E-state index contributed by atoms with van der Waals surface area (Å²) in [4.78, 5) is 26.8. The average Bonchev–Trinajstić information content (AvgIpc) is 3.60. The number of fused-ring (bicyclic) bond motifs is 3. The van der Waals surface area contributed by atoms with E-state index in [2.05, 4.69) is 17.6 Å². The van der Waals surface area contributed by atoms with Crippen LogP contribution in [-0.2, 0) is 19.7 Å². The summed E-state index contributed by atoms with van der Waals surface area (Å²) >= 11 is 0. The Bertz CT molecular complexity index is 968. The molecule has 7 rings (SSSR count). The number of anilines is 1. The zero-order valence-corrected chi connectivity index (χ0v) is 22.1. The minimum atomic E-state index is -0.670. The quantitative estimate of drug-likeness (QED) is 0.446. The maximum absolute atomic E-state index is 13.5. The Kier molecular flexibility index (Phi) is 6.42. The molecule has 1 aromatic carbocycles. The second-order valence-corrected chi connectivity index (χ2v) is 13.4. The molecular formula is C31H44N2O3. The summed E-state index contributed by atoms with van der Waals surface area (Å²) in [5.41, 5.74) is 1.74. The highest BCUT2D eigenvalue weighted by Crippen LogP contribution is 2.60. The van der Waals surface area contributed by atoms with Crippen LogP contribution in [0.15, 0.2) is 24.3 Å². The molecule has 2 N–H and O–H groups in total. The van der Waals surface area contributed by atoms with Crippen molar-refractivity contribution in [2.24, 2.45) is 28.6 Å². The second kappa shape index (κ2) is 9.45.